The first-order chi connectivity index (χ1) is 29.4. The molecule has 0 bridgehead atoms. The van der Waals surface area contributed by atoms with Gasteiger partial charge in [-0.1, -0.05) is 0 Å². The van der Waals surface area contributed by atoms with Crippen LogP contribution in [0.2, 0.25) is 0 Å². The van der Waals surface area contributed by atoms with Crippen LogP contribution in [0.5, 0.6) is 0 Å². The van der Waals surface area contributed by atoms with Crippen LogP contribution in [-0.2, 0) is 76.3 Å². The molecule has 4 unspecified atom stereocenters. The maximum Gasteiger partial charge on any atom is 0.308 e. The lowest BCUT2D eigenvalue weighted by molar-refractivity contribution is -0.158. The molecule has 0 saturated heterocycles. The number of carbonyl (C=O) groups is 8. The Kier molecular flexibility index (Phi) is 27.1. The minimum Gasteiger partial charge on any atom is -0.460 e. The first-order valence-electron chi connectivity index (χ1n) is 21.2. The lowest BCUT2D eigenvalue weighted by Gasteiger charge is -2.24. The number of ether oxygens (including phenoxy) is 8. The minimum absolute atomic E-state index is 0.0472. The molecule has 0 spiro atoms. The number of hydrogen-bond acceptors (Lipinski definition) is 18. The van der Waals surface area contributed by atoms with Gasteiger partial charge in [0.2, 0.25) is 23.6 Å². The van der Waals surface area contributed by atoms with Crippen molar-refractivity contribution in [1.29, 1.82) is 0 Å². The Balaban J connectivity index is 4.54. The maximum absolute atomic E-state index is 12.9. The van der Waals surface area contributed by atoms with Gasteiger partial charge in [-0.15, -0.1) is 0 Å². The Hall–Kier alpha value is -4.48. The van der Waals surface area contributed by atoms with Crippen LogP contribution in [0.3, 0.4) is 0 Å². The number of esters is 4. The van der Waals surface area contributed by atoms with Gasteiger partial charge in [0.05, 0.1) is 90.6 Å². The number of amides is 4. The molecule has 0 aliphatic rings. The van der Waals surface area contributed by atoms with E-state index < -0.39 is 120 Å². The van der Waals surface area contributed by atoms with Gasteiger partial charge in [0.15, 0.2) is 0 Å². The van der Waals surface area contributed by atoms with Gasteiger partial charge in [0.25, 0.3) is 0 Å². The third-order valence-electron chi connectivity index (χ3n) is 7.34. The summed E-state index contributed by atoms with van der Waals surface area (Å²) in [5, 5.41) is 10.0. The SMILES string of the molecule is CC(C)(C)OC(=O)CC(N)C(=O)NC(CC(=O)OC(C)(C)C)C(=O)NCCOCCOCCOCCOCCNC(=O)C(CC(=O)OC(C)(C)C)NC(=O)C(N)CC(=O)OC(C)(C)C. The molecular formula is C42H76N6O16. The van der Waals surface area contributed by atoms with Gasteiger partial charge < -0.3 is 70.6 Å². The molecule has 0 aromatic rings. The zero-order valence-corrected chi connectivity index (χ0v) is 39.9. The third-order valence-corrected chi connectivity index (χ3v) is 7.34. The lowest BCUT2D eigenvalue weighted by Crippen LogP contribution is -2.53. The minimum atomic E-state index is -1.33. The average molecular weight is 921 g/mol. The molecule has 0 aliphatic carbocycles. The molecule has 0 saturated carbocycles. The second-order valence-electron chi connectivity index (χ2n) is 18.5. The highest BCUT2D eigenvalue weighted by molar-refractivity contribution is 5.94. The number of carbonyl (C=O) groups excluding carboxylic acids is 8. The van der Waals surface area contributed by atoms with E-state index in [-0.39, 0.29) is 65.9 Å². The lowest BCUT2D eigenvalue weighted by atomic mass is 10.1. The second-order valence-corrected chi connectivity index (χ2v) is 18.5. The number of nitrogens with two attached hydrogens (primary N) is 2. The fraction of sp³-hybridized carbons (Fsp3) is 0.810. The van der Waals surface area contributed by atoms with E-state index in [1.54, 1.807) is 83.1 Å². The highest BCUT2D eigenvalue weighted by Gasteiger charge is 2.32. The van der Waals surface area contributed by atoms with E-state index in [9.17, 15) is 38.4 Å². The van der Waals surface area contributed by atoms with E-state index >= 15 is 0 Å². The van der Waals surface area contributed by atoms with Crippen LogP contribution in [0, 0.1) is 0 Å². The molecular weight excluding hydrogens is 844 g/mol. The van der Waals surface area contributed by atoms with E-state index in [0.717, 1.165) is 0 Å². The summed E-state index contributed by atoms with van der Waals surface area (Å²) in [6.07, 6.45) is -1.82. The molecule has 0 aromatic carbocycles. The van der Waals surface area contributed by atoms with Gasteiger partial charge in [-0.05, 0) is 83.1 Å². The van der Waals surface area contributed by atoms with E-state index in [1.807, 2.05) is 0 Å². The van der Waals surface area contributed by atoms with Crippen molar-refractivity contribution in [2.45, 2.75) is 155 Å². The quantitative estimate of drug-likeness (QED) is 0.0323. The number of nitrogens with one attached hydrogen (secondary N) is 4. The Bertz CT molecular complexity index is 1390. The fourth-order valence-electron chi connectivity index (χ4n) is 4.89. The fourth-order valence-corrected chi connectivity index (χ4v) is 4.89. The molecule has 22 nitrogen and oxygen atoms in total. The maximum atomic E-state index is 12.9. The van der Waals surface area contributed by atoms with Crippen LogP contribution in [0.15, 0.2) is 0 Å². The summed E-state index contributed by atoms with van der Waals surface area (Å²) < 4.78 is 42.9. The first kappa shape index (κ1) is 59.5. The molecule has 22 heteroatoms. The van der Waals surface area contributed by atoms with Crippen molar-refractivity contribution in [3.8, 4) is 0 Å². The van der Waals surface area contributed by atoms with Crippen LogP contribution in [0.25, 0.3) is 0 Å². The van der Waals surface area contributed by atoms with E-state index in [4.69, 9.17) is 49.4 Å². The monoisotopic (exact) mass is 921 g/mol. The highest BCUT2D eigenvalue weighted by atomic mass is 16.6. The number of rotatable bonds is 29. The Labute approximate surface area is 377 Å². The molecule has 370 valence electrons. The summed E-state index contributed by atoms with van der Waals surface area (Å²) in [4.78, 5) is 101. The largest absolute Gasteiger partial charge is 0.460 e. The zero-order valence-electron chi connectivity index (χ0n) is 39.9. The second kappa shape index (κ2) is 29.1. The van der Waals surface area contributed by atoms with Gasteiger partial charge >= 0.3 is 23.9 Å². The predicted octanol–water partition coefficient (Wildman–Crippen LogP) is -0.163. The molecule has 0 rings (SSSR count). The Morgan fingerprint density at radius 3 is 0.859 bits per heavy atom. The molecule has 4 atom stereocenters. The van der Waals surface area contributed by atoms with Crippen molar-refractivity contribution in [3.63, 3.8) is 0 Å². The van der Waals surface area contributed by atoms with Gasteiger partial charge in [0.1, 0.15) is 34.5 Å². The molecule has 0 heterocycles. The smallest absolute Gasteiger partial charge is 0.308 e. The molecule has 0 aliphatic heterocycles. The Morgan fingerprint density at radius 1 is 0.375 bits per heavy atom. The van der Waals surface area contributed by atoms with Gasteiger partial charge in [-0.2, -0.15) is 0 Å². The average Bonchev–Trinajstić information content (AvgIpc) is 3.10. The van der Waals surface area contributed by atoms with E-state index in [2.05, 4.69) is 21.3 Å². The summed E-state index contributed by atoms with van der Waals surface area (Å²) in [7, 11) is 0. The molecule has 4 amide bonds. The molecule has 0 radical (unpaired) electrons. The van der Waals surface area contributed by atoms with Gasteiger partial charge in [-0.25, -0.2) is 0 Å². The summed E-state index contributed by atoms with van der Waals surface area (Å²) in [5.41, 5.74) is 8.53. The van der Waals surface area contributed by atoms with Gasteiger partial charge in [0, 0.05) is 13.1 Å². The van der Waals surface area contributed by atoms with E-state index in [0.29, 0.717) is 0 Å². The molecule has 0 aromatic heterocycles. The first-order valence-corrected chi connectivity index (χ1v) is 21.2. The summed E-state index contributed by atoms with van der Waals surface area (Å²) >= 11 is 0. The van der Waals surface area contributed by atoms with E-state index in [1.165, 1.54) is 0 Å². The zero-order chi connectivity index (χ0) is 49.3. The van der Waals surface area contributed by atoms with Crippen molar-refractivity contribution >= 4 is 47.5 Å². The topological polar surface area (TPSA) is 311 Å². The van der Waals surface area contributed by atoms with Crippen molar-refractivity contribution in [3.05, 3.63) is 0 Å². The van der Waals surface area contributed by atoms with Crippen LogP contribution in [0.4, 0.5) is 0 Å². The molecule has 0 fully saturated rings. The normalized spacial score (nSPS) is 13.9. The van der Waals surface area contributed by atoms with Crippen LogP contribution in [0.1, 0.15) is 109 Å². The predicted molar refractivity (Wildman–Crippen MR) is 231 cm³/mol. The summed E-state index contributed by atoms with van der Waals surface area (Å²) in [6, 6.07) is -5.31. The van der Waals surface area contributed by atoms with Crippen LogP contribution in [-0.4, -0.2) is 160 Å². The van der Waals surface area contributed by atoms with Gasteiger partial charge in [-0.3, -0.25) is 38.4 Å². The Morgan fingerprint density at radius 2 is 0.609 bits per heavy atom. The number of hydrogen-bond donors (Lipinski definition) is 6. The molecule has 8 N–H and O–H groups in total. The molecule has 64 heavy (non-hydrogen) atoms. The summed E-state index contributed by atoms with van der Waals surface area (Å²) in [5.74, 6) is -5.85. The van der Waals surface area contributed by atoms with Crippen molar-refractivity contribution in [1.82, 2.24) is 21.3 Å². The van der Waals surface area contributed by atoms with Crippen LogP contribution >= 0.6 is 0 Å². The van der Waals surface area contributed by atoms with Crippen molar-refractivity contribution in [2.24, 2.45) is 11.5 Å². The third kappa shape index (κ3) is 33.1. The van der Waals surface area contributed by atoms with Crippen molar-refractivity contribution in [2.75, 3.05) is 65.9 Å². The van der Waals surface area contributed by atoms with Crippen LogP contribution < -0.4 is 32.7 Å². The highest BCUT2D eigenvalue weighted by Crippen LogP contribution is 2.13. The van der Waals surface area contributed by atoms with Crippen molar-refractivity contribution < 1.29 is 76.3 Å². The standard InChI is InChI=1S/C42H76N6O16/c1-39(2,3)61-31(49)23-27(43)35(53)47-29(25-33(51)63-41(7,8)9)37(55)45-13-15-57-17-19-59-21-22-60-20-18-58-16-14-46-38(56)30(26-34(52)64-42(10,11)12)48-36(54)28(44)24-32(50)62-40(4,5)6/h27-30H,13-26,43-44H2,1-12H3,(H,45,55)(H,46,56)(H,47,53)(H,48,54). The summed E-state index contributed by atoms with van der Waals surface area (Å²) in [6.45, 7) is 21.6.